The number of pyridine rings is 1. The topological polar surface area (TPSA) is 85.1 Å². The van der Waals surface area contributed by atoms with Crippen molar-refractivity contribution in [2.75, 3.05) is 5.32 Å². The first-order valence-corrected chi connectivity index (χ1v) is 5.28. The van der Waals surface area contributed by atoms with E-state index in [1.54, 1.807) is 42.6 Å². The molecule has 0 atom stereocenters. The van der Waals surface area contributed by atoms with Gasteiger partial charge in [0.15, 0.2) is 0 Å². The number of rotatable bonds is 3. The van der Waals surface area contributed by atoms with Crippen LogP contribution in [0.5, 0.6) is 0 Å². The van der Waals surface area contributed by atoms with Crippen LogP contribution in [0, 0.1) is 0 Å². The van der Waals surface area contributed by atoms with Crippen LogP contribution in [0.4, 0.5) is 5.69 Å². The highest BCUT2D eigenvalue weighted by atomic mass is 16.2. The maximum absolute atomic E-state index is 11.8. The second-order valence-electron chi connectivity index (χ2n) is 3.64. The number of carbonyl (C=O) groups is 2. The molecule has 0 unspecified atom stereocenters. The molecule has 18 heavy (non-hydrogen) atoms. The van der Waals surface area contributed by atoms with Crippen molar-refractivity contribution >= 4 is 17.5 Å². The second kappa shape index (κ2) is 5.09. The van der Waals surface area contributed by atoms with Gasteiger partial charge >= 0.3 is 0 Å². The molecule has 0 radical (unpaired) electrons. The predicted octanol–water partition coefficient (Wildman–Crippen LogP) is 1.43. The van der Waals surface area contributed by atoms with E-state index in [1.807, 2.05) is 0 Å². The molecule has 0 saturated carbocycles. The lowest BCUT2D eigenvalue weighted by molar-refractivity contribution is 0.0998. The van der Waals surface area contributed by atoms with Crippen molar-refractivity contribution in [1.29, 1.82) is 0 Å². The zero-order chi connectivity index (χ0) is 13.0. The SMILES string of the molecule is NC(=O)c1ccc(NC(=O)c2cccnc2)cc1. The number of benzene rings is 1. The molecular formula is C13H11N3O2. The van der Waals surface area contributed by atoms with Crippen LogP contribution in [-0.4, -0.2) is 16.8 Å². The van der Waals surface area contributed by atoms with E-state index in [4.69, 9.17) is 5.73 Å². The number of nitrogens with one attached hydrogen (secondary N) is 1. The van der Waals surface area contributed by atoms with Crippen molar-refractivity contribution < 1.29 is 9.59 Å². The Balaban J connectivity index is 2.10. The summed E-state index contributed by atoms with van der Waals surface area (Å²) in [6, 6.07) is 9.70. The Hall–Kier alpha value is -2.69. The summed E-state index contributed by atoms with van der Waals surface area (Å²) in [5.74, 6) is -0.755. The van der Waals surface area contributed by atoms with Gasteiger partial charge in [0.2, 0.25) is 5.91 Å². The van der Waals surface area contributed by atoms with E-state index in [0.29, 0.717) is 16.8 Å². The minimum absolute atomic E-state index is 0.255. The van der Waals surface area contributed by atoms with E-state index in [9.17, 15) is 9.59 Å². The third-order valence-electron chi connectivity index (χ3n) is 2.35. The first-order chi connectivity index (χ1) is 8.66. The van der Waals surface area contributed by atoms with E-state index < -0.39 is 5.91 Å². The Morgan fingerprint density at radius 1 is 1.06 bits per heavy atom. The fraction of sp³-hybridized carbons (Fsp3) is 0. The summed E-state index contributed by atoms with van der Waals surface area (Å²) in [5, 5.41) is 2.69. The molecule has 2 rings (SSSR count). The Kier molecular flexibility index (Phi) is 3.33. The van der Waals surface area contributed by atoms with Crippen molar-refractivity contribution in [2.45, 2.75) is 0 Å². The normalized spacial score (nSPS) is 9.78. The van der Waals surface area contributed by atoms with Crippen molar-refractivity contribution in [2.24, 2.45) is 5.73 Å². The van der Waals surface area contributed by atoms with E-state index >= 15 is 0 Å². The summed E-state index contributed by atoms with van der Waals surface area (Å²) < 4.78 is 0. The lowest BCUT2D eigenvalue weighted by Crippen LogP contribution is -2.13. The Morgan fingerprint density at radius 3 is 2.33 bits per heavy atom. The van der Waals surface area contributed by atoms with Gasteiger partial charge in [-0.3, -0.25) is 14.6 Å². The summed E-state index contributed by atoms with van der Waals surface area (Å²) in [6.45, 7) is 0. The molecule has 0 aliphatic heterocycles. The molecule has 2 aromatic rings. The van der Waals surface area contributed by atoms with Crippen molar-refractivity contribution in [3.8, 4) is 0 Å². The number of carbonyl (C=O) groups excluding carboxylic acids is 2. The Bertz CT molecular complexity index is 565. The van der Waals surface area contributed by atoms with Crippen LogP contribution in [0.2, 0.25) is 0 Å². The standard InChI is InChI=1S/C13H11N3O2/c14-12(17)9-3-5-11(6-4-9)16-13(18)10-2-1-7-15-8-10/h1-8H,(H2,14,17)(H,16,18). The van der Waals surface area contributed by atoms with Gasteiger partial charge in [-0.25, -0.2) is 0 Å². The zero-order valence-corrected chi connectivity index (χ0v) is 9.46. The van der Waals surface area contributed by atoms with E-state index in [1.165, 1.54) is 6.20 Å². The van der Waals surface area contributed by atoms with Gasteiger partial charge in [0.05, 0.1) is 5.56 Å². The van der Waals surface area contributed by atoms with Crippen LogP contribution in [0.25, 0.3) is 0 Å². The summed E-state index contributed by atoms with van der Waals surface area (Å²) in [5.41, 5.74) is 6.58. The summed E-state index contributed by atoms with van der Waals surface area (Å²) in [6.07, 6.45) is 3.07. The van der Waals surface area contributed by atoms with Crippen LogP contribution in [0.1, 0.15) is 20.7 Å². The number of hydrogen-bond donors (Lipinski definition) is 2. The number of primary amides is 1. The zero-order valence-electron chi connectivity index (χ0n) is 9.46. The number of aromatic nitrogens is 1. The minimum Gasteiger partial charge on any atom is -0.366 e. The molecule has 0 saturated heterocycles. The molecule has 0 fully saturated rings. The monoisotopic (exact) mass is 241 g/mol. The van der Waals surface area contributed by atoms with Gasteiger partial charge in [-0.05, 0) is 36.4 Å². The summed E-state index contributed by atoms with van der Waals surface area (Å²) in [7, 11) is 0. The van der Waals surface area contributed by atoms with E-state index in [-0.39, 0.29) is 5.91 Å². The Morgan fingerprint density at radius 2 is 1.78 bits per heavy atom. The fourth-order valence-electron chi connectivity index (χ4n) is 1.42. The van der Waals surface area contributed by atoms with E-state index in [0.717, 1.165) is 0 Å². The lowest BCUT2D eigenvalue weighted by Gasteiger charge is -2.05. The molecule has 0 bridgehead atoms. The second-order valence-corrected chi connectivity index (χ2v) is 3.64. The van der Waals surface area contributed by atoms with Gasteiger partial charge in [-0.1, -0.05) is 0 Å². The number of hydrogen-bond acceptors (Lipinski definition) is 3. The molecular weight excluding hydrogens is 230 g/mol. The largest absolute Gasteiger partial charge is 0.366 e. The van der Waals surface area contributed by atoms with Crippen molar-refractivity contribution in [3.63, 3.8) is 0 Å². The average Bonchev–Trinajstić information content (AvgIpc) is 2.40. The van der Waals surface area contributed by atoms with Crippen LogP contribution >= 0.6 is 0 Å². The highest BCUT2D eigenvalue weighted by Gasteiger charge is 2.06. The molecule has 5 heteroatoms. The van der Waals surface area contributed by atoms with Crippen LogP contribution in [0.15, 0.2) is 48.8 Å². The molecule has 1 aromatic carbocycles. The third-order valence-corrected chi connectivity index (χ3v) is 2.35. The van der Waals surface area contributed by atoms with E-state index in [2.05, 4.69) is 10.3 Å². The number of nitrogens with two attached hydrogens (primary N) is 1. The van der Waals surface area contributed by atoms with Crippen molar-refractivity contribution in [1.82, 2.24) is 4.98 Å². The van der Waals surface area contributed by atoms with Gasteiger partial charge in [0.25, 0.3) is 5.91 Å². The number of anilines is 1. The van der Waals surface area contributed by atoms with Gasteiger partial charge in [0, 0.05) is 23.6 Å². The quantitative estimate of drug-likeness (QED) is 0.852. The maximum atomic E-state index is 11.8. The molecule has 3 N–H and O–H groups in total. The maximum Gasteiger partial charge on any atom is 0.257 e. The van der Waals surface area contributed by atoms with Gasteiger partial charge in [-0.15, -0.1) is 0 Å². The molecule has 1 aromatic heterocycles. The minimum atomic E-state index is -0.500. The smallest absolute Gasteiger partial charge is 0.257 e. The molecule has 0 aliphatic carbocycles. The van der Waals surface area contributed by atoms with Gasteiger partial charge < -0.3 is 11.1 Å². The predicted molar refractivity (Wildman–Crippen MR) is 67.2 cm³/mol. The average molecular weight is 241 g/mol. The lowest BCUT2D eigenvalue weighted by atomic mass is 10.2. The molecule has 0 aliphatic rings. The Labute approximate surface area is 104 Å². The van der Waals surface area contributed by atoms with Crippen LogP contribution < -0.4 is 11.1 Å². The first kappa shape index (κ1) is 11.8. The van der Waals surface area contributed by atoms with Crippen molar-refractivity contribution in [3.05, 3.63) is 59.9 Å². The molecule has 0 spiro atoms. The molecule has 5 nitrogen and oxygen atoms in total. The fourth-order valence-corrected chi connectivity index (χ4v) is 1.42. The molecule has 1 heterocycles. The van der Waals surface area contributed by atoms with Gasteiger partial charge in [-0.2, -0.15) is 0 Å². The van der Waals surface area contributed by atoms with Crippen LogP contribution in [0.3, 0.4) is 0 Å². The molecule has 90 valence electrons. The third kappa shape index (κ3) is 2.70. The number of nitrogens with zero attached hydrogens (tertiary/aromatic N) is 1. The summed E-state index contributed by atoms with van der Waals surface area (Å²) >= 11 is 0. The van der Waals surface area contributed by atoms with Gasteiger partial charge in [0.1, 0.15) is 0 Å². The highest BCUT2D eigenvalue weighted by Crippen LogP contribution is 2.10. The molecule has 2 amide bonds. The first-order valence-electron chi connectivity index (χ1n) is 5.28. The highest BCUT2D eigenvalue weighted by molar-refractivity contribution is 6.04. The van der Waals surface area contributed by atoms with Crippen LogP contribution in [-0.2, 0) is 0 Å². The number of amides is 2. The summed E-state index contributed by atoms with van der Waals surface area (Å²) in [4.78, 5) is 26.5.